The van der Waals surface area contributed by atoms with Crippen LogP contribution in [-0.4, -0.2) is 32.9 Å². The molecule has 152 valence electrons. The van der Waals surface area contributed by atoms with Gasteiger partial charge in [0.15, 0.2) is 6.10 Å². The van der Waals surface area contributed by atoms with Crippen LogP contribution in [0.4, 0.5) is 13.2 Å². The van der Waals surface area contributed by atoms with Crippen LogP contribution in [0.15, 0.2) is 24.4 Å². The molecular formula is C20H19F3N4O2. The number of rotatable bonds is 5. The number of amides is 1. The molecule has 1 fully saturated rings. The number of alkyl halides is 3. The van der Waals surface area contributed by atoms with Crippen LogP contribution < -0.4 is 4.74 Å². The SMILES string of the molecule is C[C@H](Oc1ccc(C#N)cc1C(=O)N1Cc2cn(CC3CC3)nc2C1)C(F)(F)F. The van der Waals surface area contributed by atoms with Crippen molar-refractivity contribution in [1.29, 1.82) is 5.26 Å². The van der Waals surface area contributed by atoms with Crippen molar-refractivity contribution in [3.8, 4) is 11.8 Å². The number of carbonyl (C=O) groups excluding carboxylic acids is 1. The van der Waals surface area contributed by atoms with E-state index in [9.17, 15) is 18.0 Å². The first-order chi connectivity index (χ1) is 13.7. The van der Waals surface area contributed by atoms with E-state index in [-0.39, 0.29) is 23.4 Å². The van der Waals surface area contributed by atoms with Crippen LogP contribution in [0.2, 0.25) is 0 Å². The van der Waals surface area contributed by atoms with Gasteiger partial charge in [0.1, 0.15) is 5.75 Å². The molecule has 4 rings (SSSR count). The lowest BCUT2D eigenvalue weighted by molar-refractivity contribution is -0.189. The zero-order valence-electron chi connectivity index (χ0n) is 15.7. The van der Waals surface area contributed by atoms with Crippen molar-refractivity contribution in [2.75, 3.05) is 0 Å². The highest BCUT2D eigenvalue weighted by Gasteiger charge is 2.39. The topological polar surface area (TPSA) is 71.2 Å². The minimum atomic E-state index is -4.57. The van der Waals surface area contributed by atoms with Gasteiger partial charge in [0.25, 0.3) is 5.91 Å². The zero-order chi connectivity index (χ0) is 20.8. The first kappa shape index (κ1) is 19.3. The fraction of sp³-hybridized carbons (Fsp3) is 0.450. The number of fused-ring (bicyclic) bond motifs is 1. The third-order valence-corrected chi connectivity index (χ3v) is 5.16. The zero-order valence-corrected chi connectivity index (χ0v) is 15.7. The van der Waals surface area contributed by atoms with Gasteiger partial charge in [0, 0.05) is 24.8 Å². The number of halogens is 3. The number of nitrogens with zero attached hydrogens (tertiary/aromatic N) is 4. The third kappa shape index (κ3) is 4.06. The number of benzene rings is 1. The Kier molecular flexibility index (Phi) is 4.73. The fourth-order valence-electron chi connectivity index (χ4n) is 3.31. The van der Waals surface area contributed by atoms with E-state index in [1.54, 1.807) is 0 Å². The van der Waals surface area contributed by atoms with Gasteiger partial charge in [0.2, 0.25) is 0 Å². The second-order valence-corrected chi connectivity index (χ2v) is 7.55. The van der Waals surface area contributed by atoms with E-state index in [1.165, 1.54) is 35.9 Å². The summed E-state index contributed by atoms with van der Waals surface area (Å²) in [4.78, 5) is 14.5. The Morgan fingerprint density at radius 2 is 2.14 bits per heavy atom. The van der Waals surface area contributed by atoms with Crippen LogP contribution >= 0.6 is 0 Å². The minimum absolute atomic E-state index is 0.0591. The molecule has 29 heavy (non-hydrogen) atoms. The molecule has 9 heteroatoms. The highest BCUT2D eigenvalue weighted by atomic mass is 19.4. The number of carbonyl (C=O) groups is 1. The Morgan fingerprint density at radius 3 is 2.76 bits per heavy atom. The van der Waals surface area contributed by atoms with Crippen molar-refractivity contribution in [1.82, 2.24) is 14.7 Å². The summed E-state index contributed by atoms with van der Waals surface area (Å²) >= 11 is 0. The number of ether oxygens (including phenoxy) is 1. The molecule has 2 aromatic rings. The first-order valence-corrected chi connectivity index (χ1v) is 9.36. The molecule has 1 aliphatic carbocycles. The molecule has 1 aromatic carbocycles. The molecule has 1 aliphatic heterocycles. The van der Waals surface area contributed by atoms with Crippen molar-refractivity contribution in [3.05, 3.63) is 46.8 Å². The lowest BCUT2D eigenvalue weighted by Crippen LogP contribution is -2.32. The van der Waals surface area contributed by atoms with Crippen molar-refractivity contribution >= 4 is 5.91 Å². The average Bonchev–Trinajstić information content (AvgIpc) is 3.27. The molecule has 2 aliphatic rings. The van der Waals surface area contributed by atoms with Crippen LogP contribution in [0.1, 0.15) is 46.9 Å². The van der Waals surface area contributed by atoms with Crippen molar-refractivity contribution in [2.24, 2.45) is 5.92 Å². The molecule has 1 amide bonds. The summed E-state index contributed by atoms with van der Waals surface area (Å²) in [6, 6.07) is 5.74. The van der Waals surface area contributed by atoms with Gasteiger partial charge in [-0.15, -0.1) is 0 Å². The molecular weight excluding hydrogens is 385 g/mol. The van der Waals surface area contributed by atoms with Crippen LogP contribution in [-0.2, 0) is 19.6 Å². The second kappa shape index (κ2) is 7.10. The van der Waals surface area contributed by atoms with Crippen molar-refractivity contribution in [2.45, 2.75) is 51.7 Å². The van der Waals surface area contributed by atoms with Gasteiger partial charge in [-0.3, -0.25) is 9.48 Å². The summed E-state index contributed by atoms with van der Waals surface area (Å²) in [7, 11) is 0. The number of hydrogen-bond acceptors (Lipinski definition) is 4. The molecule has 2 heterocycles. The molecule has 6 nitrogen and oxygen atoms in total. The molecule has 1 atom stereocenters. The van der Waals surface area contributed by atoms with Crippen LogP contribution in [0, 0.1) is 17.2 Å². The Hall–Kier alpha value is -3.02. The van der Waals surface area contributed by atoms with Gasteiger partial charge in [-0.1, -0.05) is 0 Å². The maximum absolute atomic E-state index is 13.0. The Labute approximate surface area is 165 Å². The largest absolute Gasteiger partial charge is 0.480 e. The quantitative estimate of drug-likeness (QED) is 0.763. The highest BCUT2D eigenvalue weighted by molar-refractivity contribution is 5.97. The van der Waals surface area contributed by atoms with Gasteiger partial charge in [-0.05, 0) is 43.9 Å². The number of hydrogen-bond donors (Lipinski definition) is 0. The summed E-state index contributed by atoms with van der Waals surface area (Å²) in [5.41, 5.74) is 1.84. The fourth-order valence-corrected chi connectivity index (χ4v) is 3.31. The molecule has 0 N–H and O–H groups in total. The minimum Gasteiger partial charge on any atom is -0.480 e. The highest BCUT2D eigenvalue weighted by Crippen LogP contribution is 2.33. The van der Waals surface area contributed by atoms with Crippen LogP contribution in [0.25, 0.3) is 0 Å². The van der Waals surface area contributed by atoms with E-state index in [0.29, 0.717) is 12.5 Å². The Balaban J connectivity index is 1.54. The van der Waals surface area contributed by atoms with E-state index >= 15 is 0 Å². The molecule has 0 saturated heterocycles. The monoisotopic (exact) mass is 404 g/mol. The van der Waals surface area contributed by atoms with Crippen LogP contribution in [0.3, 0.4) is 0 Å². The number of aromatic nitrogens is 2. The summed E-state index contributed by atoms with van der Waals surface area (Å²) in [5, 5.41) is 13.6. The maximum Gasteiger partial charge on any atom is 0.425 e. The molecule has 0 radical (unpaired) electrons. The summed E-state index contributed by atoms with van der Waals surface area (Å²) in [5.74, 6) is -0.00260. The van der Waals surface area contributed by atoms with Gasteiger partial charge in [0.05, 0.1) is 29.4 Å². The summed E-state index contributed by atoms with van der Waals surface area (Å²) in [6.45, 7) is 2.35. The summed E-state index contributed by atoms with van der Waals surface area (Å²) < 4.78 is 45.6. The lowest BCUT2D eigenvalue weighted by Gasteiger charge is -2.22. The van der Waals surface area contributed by atoms with Gasteiger partial charge >= 0.3 is 6.18 Å². The van der Waals surface area contributed by atoms with Gasteiger partial charge in [-0.25, -0.2) is 0 Å². The molecule has 0 unspecified atom stereocenters. The van der Waals surface area contributed by atoms with E-state index in [2.05, 4.69) is 5.10 Å². The Bertz CT molecular complexity index is 965. The van der Waals surface area contributed by atoms with E-state index in [0.717, 1.165) is 24.7 Å². The van der Waals surface area contributed by atoms with E-state index in [4.69, 9.17) is 10.00 Å². The molecule has 1 saturated carbocycles. The smallest absolute Gasteiger partial charge is 0.425 e. The third-order valence-electron chi connectivity index (χ3n) is 5.16. The predicted molar refractivity (Wildman–Crippen MR) is 95.8 cm³/mol. The maximum atomic E-state index is 13.0. The van der Waals surface area contributed by atoms with Crippen LogP contribution in [0.5, 0.6) is 5.75 Å². The second-order valence-electron chi connectivity index (χ2n) is 7.55. The Morgan fingerprint density at radius 1 is 1.38 bits per heavy atom. The lowest BCUT2D eigenvalue weighted by atomic mass is 10.1. The normalized spacial score (nSPS) is 17.0. The van der Waals surface area contributed by atoms with Gasteiger partial charge in [-0.2, -0.15) is 23.5 Å². The van der Waals surface area contributed by atoms with Crippen molar-refractivity contribution in [3.63, 3.8) is 0 Å². The molecule has 0 bridgehead atoms. The van der Waals surface area contributed by atoms with E-state index < -0.39 is 18.2 Å². The predicted octanol–water partition coefficient (Wildman–Crippen LogP) is 3.65. The molecule has 1 aromatic heterocycles. The summed E-state index contributed by atoms with van der Waals surface area (Å²) in [6.07, 6.45) is -2.30. The average molecular weight is 404 g/mol. The number of nitriles is 1. The van der Waals surface area contributed by atoms with Crippen molar-refractivity contribution < 1.29 is 22.7 Å². The van der Waals surface area contributed by atoms with E-state index in [1.807, 2.05) is 16.9 Å². The van der Waals surface area contributed by atoms with Gasteiger partial charge < -0.3 is 9.64 Å². The molecule has 0 spiro atoms. The standard InChI is InChI=1S/C20H19F3N4O2/c1-12(20(21,22)23)29-18-5-4-14(7-24)6-16(18)19(28)26-9-15-10-27(8-13-2-3-13)25-17(15)11-26/h4-6,10,12-13H,2-3,8-9,11H2,1H3/t12-/m0/s1. The first-order valence-electron chi connectivity index (χ1n) is 9.36.